The van der Waals surface area contributed by atoms with Crippen LogP contribution in [0.3, 0.4) is 0 Å². The van der Waals surface area contributed by atoms with E-state index in [1.807, 2.05) is 0 Å². The topological polar surface area (TPSA) is 71.5 Å². The molecule has 1 amide bonds. The third-order valence-electron chi connectivity index (χ3n) is 2.63. The summed E-state index contributed by atoms with van der Waals surface area (Å²) in [6, 6.07) is 3.42. The second-order valence-electron chi connectivity index (χ2n) is 3.95. The summed E-state index contributed by atoms with van der Waals surface area (Å²) in [5.41, 5.74) is 5.42. The maximum absolute atomic E-state index is 12.0. The lowest BCUT2D eigenvalue weighted by molar-refractivity contribution is 0.0702. The van der Waals surface area contributed by atoms with Gasteiger partial charge in [0.05, 0.1) is 11.4 Å². The van der Waals surface area contributed by atoms with Crippen molar-refractivity contribution >= 4 is 23.1 Å². The Bertz CT molecular complexity index is 424. The summed E-state index contributed by atoms with van der Waals surface area (Å²) in [7, 11) is 0. The van der Waals surface area contributed by atoms with Gasteiger partial charge in [-0.25, -0.2) is 0 Å². The van der Waals surface area contributed by atoms with Crippen LogP contribution in [0.1, 0.15) is 16.3 Å². The zero-order valence-electron chi connectivity index (χ0n) is 9.44. The van der Waals surface area contributed by atoms with Crippen LogP contribution >= 0.6 is 12.2 Å². The van der Waals surface area contributed by atoms with Crippen LogP contribution in [-0.4, -0.2) is 42.0 Å². The lowest BCUT2D eigenvalue weighted by Crippen LogP contribution is -2.46. The molecule has 0 bridgehead atoms. The molecule has 2 rings (SSSR count). The molecule has 3 N–H and O–H groups in total. The fourth-order valence-electron chi connectivity index (χ4n) is 1.78. The summed E-state index contributed by atoms with van der Waals surface area (Å²) >= 11 is 4.79. The Morgan fingerprint density at radius 1 is 1.47 bits per heavy atom. The molecule has 6 heteroatoms. The van der Waals surface area contributed by atoms with E-state index < -0.39 is 0 Å². The Balaban J connectivity index is 2.03. The second-order valence-corrected chi connectivity index (χ2v) is 4.48. The maximum Gasteiger partial charge on any atom is 0.289 e. The fraction of sp³-hybridized carbons (Fsp3) is 0.455. The molecule has 92 valence electrons. The molecule has 0 spiro atoms. The van der Waals surface area contributed by atoms with Crippen LogP contribution in [0.2, 0.25) is 0 Å². The quantitative estimate of drug-likeness (QED) is 0.751. The van der Waals surface area contributed by atoms with Gasteiger partial charge in [-0.3, -0.25) is 4.79 Å². The Kier molecular flexibility index (Phi) is 3.75. The van der Waals surface area contributed by atoms with Gasteiger partial charge >= 0.3 is 0 Å². The fourth-order valence-corrected chi connectivity index (χ4v) is 1.93. The van der Waals surface area contributed by atoms with E-state index in [0.717, 1.165) is 13.1 Å². The predicted molar refractivity (Wildman–Crippen MR) is 68.0 cm³/mol. The van der Waals surface area contributed by atoms with E-state index in [1.165, 1.54) is 0 Å². The molecule has 1 saturated heterocycles. The molecule has 0 unspecified atom stereocenters. The first-order valence-corrected chi connectivity index (χ1v) is 5.94. The Morgan fingerprint density at radius 2 is 2.18 bits per heavy atom. The Morgan fingerprint density at radius 3 is 2.82 bits per heavy atom. The highest BCUT2D eigenvalue weighted by molar-refractivity contribution is 7.80. The van der Waals surface area contributed by atoms with Gasteiger partial charge < -0.3 is 20.4 Å². The molecule has 1 aliphatic rings. The number of thiocarbonyl (C=S) groups is 1. The van der Waals surface area contributed by atoms with Gasteiger partial charge in [0, 0.05) is 26.2 Å². The van der Waals surface area contributed by atoms with Crippen LogP contribution in [0.15, 0.2) is 16.5 Å². The van der Waals surface area contributed by atoms with Gasteiger partial charge in [-0.15, -0.1) is 0 Å². The number of amides is 1. The maximum atomic E-state index is 12.0. The molecule has 5 nitrogen and oxygen atoms in total. The third kappa shape index (κ3) is 3.04. The van der Waals surface area contributed by atoms with Gasteiger partial charge in [0.1, 0.15) is 5.76 Å². The minimum absolute atomic E-state index is 0.0688. The van der Waals surface area contributed by atoms with Crippen LogP contribution < -0.4 is 11.1 Å². The highest BCUT2D eigenvalue weighted by Gasteiger charge is 2.20. The van der Waals surface area contributed by atoms with Crippen LogP contribution in [0.4, 0.5) is 0 Å². The molecule has 0 saturated carbocycles. The highest BCUT2D eigenvalue weighted by atomic mass is 32.1. The van der Waals surface area contributed by atoms with Crippen molar-refractivity contribution in [1.82, 2.24) is 10.2 Å². The molecule has 0 radical (unpaired) electrons. The van der Waals surface area contributed by atoms with E-state index in [2.05, 4.69) is 5.32 Å². The Labute approximate surface area is 105 Å². The van der Waals surface area contributed by atoms with Crippen molar-refractivity contribution < 1.29 is 9.21 Å². The summed E-state index contributed by atoms with van der Waals surface area (Å²) in [6.07, 6.45) is 0.393. The molecular formula is C11H15N3O2S. The third-order valence-corrected chi connectivity index (χ3v) is 2.77. The first-order chi connectivity index (χ1) is 8.16. The summed E-state index contributed by atoms with van der Waals surface area (Å²) < 4.78 is 5.43. The van der Waals surface area contributed by atoms with Crippen LogP contribution in [0, 0.1) is 0 Å². The van der Waals surface area contributed by atoms with E-state index in [9.17, 15) is 4.79 Å². The van der Waals surface area contributed by atoms with Crippen molar-refractivity contribution in [1.29, 1.82) is 0 Å². The van der Waals surface area contributed by atoms with E-state index in [4.69, 9.17) is 22.4 Å². The zero-order chi connectivity index (χ0) is 12.3. The average molecular weight is 253 g/mol. The molecule has 1 aliphatic heterocycles. The van der Waals surface area contributed by atoms with Gasteiger partial charge in [0.15, 0.2) is 5.76 Å². The van der Waals surface area contributed by atoms with Crippen LogP contribution in [-0.2, 0) is 6.42 Å². The summed E-state index contributed by atoms with van der Waals surface area (Å²) in [5, 5.41) is 3.19. The number of nitrogens with two attached hydrogens (primary N) is 1. The van der Waals surface area contributed by atoms with E-state index >= 15 is 0 Å². The molecular weight excluding hydrogens is 238 g/mol. The van der Waals surface area contributed by atoms with Crippen molar-refractivity contribution in [2.24, 2.45) is 5.73 Å². The molecule has 1 aromatic heterocycles. The number of nitrogens with zero attached hydrogens (tertiary/aromatic N) is 1. The zero-order valence-corrected chi connectivity index (χ0v) is 10.3. The second kappa shape index (κ2) is 5.29. The van der Waals surface area contributed by atoms with Crippen molar-refractivity contribution in [3.8, 4) is 0 Å². The number of rotatable bonds is 3. The number of hydrogen-bond donors (Lipinski definition) is 2. The van der Waals surface area contributed by atoms with Gasteiger partial charge in [-0.1, -0.05) is 12.2 Å². The molecule has 1 fully saturated rings. The summed E-state index contributed by atoms with van der Waals surface area (Å²) in [5.74, 6) is 0.926. The first kappa shape index (κ1) is 12.1. The SMILES string of the molecule is NC(=S)Cc1ccc(C(=O)N2CCNCC2)o1. The van der Waals surface area contributed by atoms with E-state index in [-0.39, 0.29) is 5.91 Å². The van der Waals surface area contributed by atoms with Gasteiger partial charge in [0.2, 0.25) is 0 Å². The minimum atomic E-state index is -0.0688. The van der Waals surface area contributed by atoms with Crippen molar-refractivity contribution in [3.05, 3.63) is 23.7 Å². The Hall–Kier alpha value is -1.40. The lowest BCUT2D eigenvalue weighted by atomic mass is 10.3. The van der Waals surface area contributed by atoms with E-state index in [0.29, 0.717) is 36.0 Å². The predicted octanol–water partition coefficient (Wildman–Crippen LogP) is 0.154. The first-order valence-electron chi connectivity index (χ1n) is 5.54. The van der Waals surface area contributed by atoms with Crippen molar-refractivity contribution in [2.45, 2.75) is 6.42 Å². The van der Waals surface area contributed by atoms with Gasteiger partial charge in [-0.05, 0) is 12.1 Å². The van der Waals surface area contributed by atoms with Crippen molar-refractivity contribution in [3.63, 3.8) is 0 Å². The number of piperazine rings is 1. The number of carbonyl (C=O) groups excluding carboxylic acids is 1. The molecule has 2 heterocycles. The normalized spacial score (nSPS) is 15.9. The van der Waals surface area contributed by atoms with E-state index in [1.54, 1.807) is 17.0 Å². The largest absolute Gasteiger partial charge is 0.455 e. The minimum Gasteiger partial charge on any atom is -0.455 e. The molecule has 0 aliphatic carbocycles. The molecule has 0 atom stereocenters. The monoisotopic (exact) mass is 253 g/mol. The van der Waals surface area contributed by atoms with Gasteiger partial charge in [-0.2, -0.15) is 0 Å². The number of nitrogens with one attached hydrogen (secondary N) is 1. The van der Waals surface area contributed by atoms with Gasteiger partial charge in [0.25, 0.3) is 5.91 Å². The van der Waals surface area contributed by atoms with Crippen LogP contribution in [0.25, 0.3) is 0 Å². The number of furan rings is 1. The van der Waals surface area contributed by atoms with Crippen molar-refractivity contribution in [2.75, 3.05) is 26.2 Å². The molecule has 17 heavy (non-hydrogen) atoms. The lowest BCUT2D eigenvalue weighted by Gasteiger charge is -2.26. The average Bonchev–Trinajstić information content (AvgIpc) is 2.77. The smallest absolute Gasteiger partial charge is 0.289 e. The van der Waals surface area contributed by atoms with Crippen LogP contribution in [0.5, 0.6) is 0 Å². The standard InChI is InChI=1S/C11H15N3O2S/c12-10(17)7-8-1-2-9(16-8)11(15)14-5-3-13-4-6-14/h1-2,13H,3-7H2,(H2,12,17). The number of carbonyl (C=O) groups is 1. The highest BCUT2D eigenvalue weighted by Crippen LogP contribution is 2.12. The molecule has 0 aromatic carbocycles. The number of hydrogen-bond acceptors (Lipinski definition) is 4. The summed E-state index contributed by atoms with van der Waals surface area (Å²) in [4.78, 5) is 14.2. The summed E-state index contributed by atoms with van der Waals surface area (Å²) in [6.45, 7) is 3.08. The molecule has 1 aromatic rings.